The molecule has 86 valence electrons. The van der Waals surface area contributed by atoms with Gasteiger partial charge in [-0.15, -0.1) is 0 Å². The van der Waals surface area contributed by atoms with Crippen LogP contribution in [0.1, 0.15) is 36.4 Å². The predicted molar refractivity (Wildman–Crippen MR) is 61.7 cm³/mol. The van der Waals surface area contributed by atoms with Gasteiger partial charge >= 0.3 is 5.97 Å². The summed E-state index contributed by atoms with van der Waals surface area (Å²) in [4.78, 5) is 19.5. The lowest BCUT2D eigenvalue weighted by Gasteiger charge is -2.22. The molecule has 1 unspecified atom stereocenters. The quantitative estimate of drug-likeness (QED) is 0.645. The largest absolute Gasteiger partial charge is 0.481 e. The highest BCUT2D eigenvalue weighted by Gasteiger charge is 2.24. The number of carbonyl (C=O) groups is 1. The Hall–Kier alpha value is -1.10. The second kappa shape index (κ2) is 4.82. The third-order valence-electron chi connectivity index (χ3n) is 2.86. The van der Waals surface area contributed by atoms with Crippen LogP contribution in [0.3, 0.4) is 0 Å². The normalized spacial score (nSPS) is 19.2. The van der Waals surface area contributed by atoms with E-state index in [0.29, 0.717) is 0 Å². The van der Waals surface area contributed by atoms with Gasteiger partial charge in [-0.2, -0.15) is 0 Å². The summed E-state index contributed by atoms with van der Waals surface area (Å²) in [6.45, 7) is 0. The lowest BCUT2D eigenvalue weighted by molar-refractivity contribution is -0.137. The third kappa shape index (κ3) is 2.35. The summed E-state index contributed by atoms with van der Waals surface area (Å²) in [6.07, 6.45) is 6.88. The zero-order chi connectivity index (χ0) is 11.5. The first-order valence-corrected chi connectivity index (χ1v) is 6.54. The first-order chi connectivity index (χ1) is 7.70. The molecule has 0 radical (unpaired) electrons. The van der Waals surface area contributed by atoms with E-state index in [-0.39, 0.29) is 12.3 Å². The van der Waals surface area contributed by atoms with Gasteiger partial charge in [-0.05, 0) is 31.1 Å². The van der Waals surface area contributed by atoms with Crippen molar-refractivity contribution in [1.82, 2.24) is 9.97 Å². The van der Waals surface area contributed by atoms with Crippen LogP contribution in [0.25, 0.3) is 0 Å². The summed E-state index contributed by atoms with van der Waals surface area (Å²) in [5.41, 5.74) is 2.07. The summed E-state index contributed by atoms with van der Waals surface area (Å²) >= 11 is 1.49. The molecule has 0 aromatic carbocycles. The Kier molecular flexibility index (Phi) is 3.43. The van der Waals surface area contributed by atoms with E-state index in [1.807, 2.05) is 12.5 Å². The topological polar surface area (TPSA) is 63.1 Å². The van der Waals surface area contributed by atoms with E-state index in [1.54, 1.807) is 0 Å². The fourth-order valence-electron chi connectivity index (χ4n) is 2.13. The van der Waals surface area contributed by atoms with Gasteiger partial charge in [-0.1, -0.05) is 11.8 Å². The molecule has 0 aliphatic heterocycles. The first-order valence-electron chi connectivity index (χ1n) is 5.32. The van der Waals surface area contributed by atoms with Gasteiger partial charge in [0.05, 0.1) is 12.1 Å². The minimum Gasteiger partial charge on any atom is -0.481 e. The predicted octanol–water partition coefficient (Wildman–Crippen LogP) is 2.09. The average Bonchev–Trinajstić information content (AvgIpc) is 2.28. The molecule has 1 aliphatic rings. The number of thioether (sulfide) groups is 1. The van der Waals surface area contributed by atoms with E-state index in [1.165, 1.54) is 11.8 Å². The van der Waals surface area contributed by atoms with E-state index in [9.17, 15) is 4.79 Å². The van der Waals surface area contributed by atoms with Gasteiger partial charge in [0.1, 0.15) is 0 Å². The van der Waals surface area contributed by atoms with Crippen molar-refractivity contribution in [2.24, 2.45) is 0 Å². The zero-order valence-electron chi connectivity index (χ0n) is 9.14. The molecule has 1 atom stereocenters. The highest BCUT2D eigenvalue weighted by molar-refractivity contribution is 7.98. The summed E-state index contributed by atoms with van der Waals surface area (Å²) < 4.78 is 0. The van der Waals surface area contributed by atoms with Gasteiger partial charge in [-0.25, -0.2) is 9.97 Å². The molecule has 16 heavy (non-hydrogen) atoms. The molecule has 1 heterocycles. The van der Waals surface area contributed by atoms with Crippen LogP contribution in [0, 0.1) is 0 Å². The monoisotopic (exact) mass is 238 g/mol. The Bertz CT molecular complexity index is 409. The number of carboxylic acid groups (broad SMARTS) is 1. The van der Waals surface area contributed by atoms with Crippen molar-refractivity contribution in [1.29, 1.82) is 0 Å². The first kappa shape index (κ1) is 11.4. The van der Waals surface area contributed by atoms with Crippen LogP contribution in [-0.2, 0) is 11.2 Å². The van der Waals surface area contributed by atoms with E-state index in [4.69, 9.17) is 5.11 Å². The van der Waals surface area contributed by atoms with Crippen molar-refractivity contribution in [2.45, 2.75) is 36.8 Å². The maximum Gasteiger partial charge on any atom is 0.304 e. The molecule has 1 N–H and O–H groups in total. The Balaban J connectivity index is 2.31. The molecule has 2 rings (SSSR count). The molecule has 5 heteroatoms. The second-order valence-corrected chi connectivity index (χ2v) is 4.73. The van der Waals surface area contributed by atoms with Crippen molar-refractivity contribution in [3.63, 3.8) is 0 Å². The highest BCUT2D eigenvalue weighted by atomic mass is 32.2. The molecule has 0 fully saturated rings. The Morgan fingerprint density at radius 3 is 3.19 bits per heavy atom. The standard InChI is InChI=1S/C11H14N2O2S/c1-16-11-12-6-8-4-2-3-7(5-9(14)15)10(8)13-11/h6-7H,2-5H2,1H3,(H,14,15). The molecule has 0 spiro atoms. The van der Waals surface area contributed by atoms with Crippen molar-refractivity contribution in [3.8, 4) is 0 Å². The lowest BCUT2D eigenvalue weighted by atomic mass is 9.85. The molecule has 0 saturated heterocycles. The Morgan fingerprint density at radius 2 is 2.50 bits per heavy atom. The van der Waals surface area contributed by atoms with Crippen LogP contribution in [0.15, 0.2) is 11.4 Å². The van der Waals surface area contributed by atoms with Gasteiger partial charge < -0.3 is 5.11 Å². The molecule has 1 aliphatic carbocycles. The van der Waals surface area contributed by atoms with Crippen LogP contribution in [0.5, 0.6) is 0 Å². The van der Waals surface area contributed by atoms with Crippen LogP contribution < -0.4 is 0 Å². The number of carboxylic acids is 1. The number of hydrogen-bond acceptors (Lipinski definition) is 4. The number of aliphatic carboxylic acids is 1. The van der Waals surface area contributed by atoms with Crippen molar-refractivity contribution in [2.75, 3.05) is 6.26 Å². The van der Waals surface area contributed by atoms with Gasteiger partial charge in [0, 0.05) is 12.1 Å². The zero-order valence-corrected chi connectivity index (χ0v) is 9.96. The van der Waals surface area contributed by atoms with Gasteiger partial charge in [0.15, 0.2) is 5.16 Å². The van der Waals surface area contributed by atoms with E-state index in [2.05, 4.69) is 9.97 Å². The molecule has 4 nitrogen and oxygen atoms in total. The summed E-state index contributed by atoms with van der Waals surface area (Å²) in [7, 11) is 0. The summed E-state index contributed by atoms with van der Waals surface area (Å²) in [6, 6.07) is 0. The minimum atomic E-state index is -0.748. The second-order valence-electron chi connectivity index (χ2n) is 3.95. The molecular weight excluding hydrogens is 224 g/mol. The molecule has 1 aromatic rings. The summed E-state index contributed by atoms with van der Waals surface area (Å²) in [5, 5.41) is 9.60. The molecule has 0 amide bonds. The Labute approximate surface area is 98.5 Å². The van der Waals surface area contributed by atoms with E-state index in [0.717, 1.165) is 35.7 Å². The van der Waals surface area contributed by atoms with Gasteiger partial charge in [0.25, 0.3) is 0 Å². The van der Waals surface area contributed by atoms with Crippen molar-refractivity contribution in [3.05, 3.63) is 17.5 Å². The smallest absolute Gasteiger partial charge is 0.304 e. The number of hydrogen-bond donors (Lipinski definition) is 1. The van der Waals surface area contributed by atoms with Gasteiger partial charge in [0.2, 0.25) is 0 Å². The number of aromatic nitrogens is 2. The fourth-order valence-corrected chi connectivity index (χ4v) is 2.48. The maximum atomic E-state index is 10.8. The van der Waals surface area contributed by atoms with Crippen LogP contribution in [0.4, 0.5) is 0 Å². The van der Waals surface area contributed by atoms with E-state index < -0.39 is 5.97 Å². The maximum absolute atomic E-state index is 10.8. The number of rotatable bonds is 3. The fraction of sp³-hybridized carbons (Fsp3) is 0.545. The number of nitrogens with zero attached hydrogens (tertiary/aromatic N) is 2. The Morgan fingerprint density at radius 1 is 1.69 bits per heavy atom. The van der Waals surface area contributed by atoms with Crippen molar-refractivity contribution >= 4 is 17.7 Å². The minimum absolute atomic E-state index is 0.0650. The van der Waals surface area contributed by atoms with E-state index >= 15 is 0 Å². The van der Waals surface area contributed by atoms with Crippen LogP contribution >= 0.6 is 11.8 Å². The third-order valence-corrected chi connectivity index (χ3v) is 3.43. The summed E-state index contributed by atoms with van der Waals surface area (Å²) in [5.74, 6) is -0.683. The van der Waals surface area contributed by atoms with Crippen LogP contribution in [0.2, 0.25) is 0 Å². The number of fused-ring (bicyclic) bond motifs is 1. The lowest BCUT2D eigenvalue weighted by Crippen LogP contribution is -2.16. The SMILES string of the molecule is CSc1ncc2c(n1)C(CC(=O)O)CCC2. The highest BCUT2D eigenvalue weighted by Crippen LogP contribution is 2.32. The van der Waals surface area contributed by atoms with Crippen LogP contribution in [-0.4, -0.2) is 27.3 Å². The molecule has 1 aromatic heterocycles. The van der Waals surface area contributed by atoms with Gasteiger partial charge in [-0.3, -0.25) is 4.79 Å². The average molecular weight is 238 g/mol. The molecular formula is C11H14N2O2S. The van der Waals surface area contributed by atoms with Crippen molar-refractivity contribution < 1.29 is 9.90 Å². The number of aryl methyl sites for hydroxylation is 1. The molecule has 0 saturated carbocycles. The molecule has 0 bridgehead atoms.